The fourth-order valence-corrected chi connectivity index (χ4v) is 2.29. The van der Waals surface area contributed by atoms with Crippen LogP contribution in [0.3, 0.4) is 0 Å². The van der Waals surface area contributed by atoms with Crippen molar-refractivity contribution < 1.29 is 13.9 Å². The van der Waals surface area contributed by atoms with Crippen molar-refractivity contribution >= 4 is 21.8 Å². The second-order valence-electron chi connectivity index (χ2n) is 4.35. The lowest BCUT2D eigenvalue weighted by atomic mass is 10.1. The molecule has 1 atom stereocenters. The second kappa shape index (κ2) is 7.60. The van der Waals surface area contributed by atoms with Crippen LogP contribution in [0, 0.1) is 5.82 Å². The summed E-state index contributed by atoms with van der Waals surface area (Å²) < 4.78 is 19.3. The Morgan fingerprint density at radius 1 is 1.53 bits per heavy atom. The number of amides is 1. The fraction of sp³-hybridized carbons (Fsp3) is 0.500. The number of hydrogen-bond donors (Lipinski definition) is 0. The third kappa shape index (κ3) is 4.01. The minimum absolute atomic E-state index is 0.0363. The highest BCUT2D eigenvalue weighted by Crippen LogP contribution is 2.22. The molecular formula is C14H19BrFNO2. The van der Waals surface area contributed by atoms with Crippen LogP contribution in [0.15, 0.2) is 22.7 Å². The van der Waals surface area contributed by atoms with E-state index >= 15 is 0 Å². The van der Waals surface area contributed by atoms with Crippen molar-refractivity contribution in [1.82, 2.24) is 4.90 Å². The molecule has 0 fully saturated rings. The summed E-state index contributed by atoms with van der Waals surface area (Å²) in [6.07, 6.45) is 0.807. The van der Waals surface area contributed by atoms with Gasteiger partial charge in [-0.3, -0.25) is 4.79 Å². The normalized spacial score (nSPS) is 12.3. The summed E-state index contributed by atoms with van der Waals surface area (Å²) in [5.41, 5.74) is 0.0823. The van der Waals surface area contributed by atoms with Crippen molar-refractivity contribution in [3.05, 3.63) is 34.1 Å². The molecule has 0 bridgehead atoms. The minimum atomic E-state index is -0.509. The molecule has 0 aliphatic rings. The molecule has 106 valence electrons. The van der Waals surface area contributed by atoms with E-state index in [-0.39, 0.29) is 17.5 Å². The molecule has 0 aromatic heterocycles. The molecule has 0 aliphatic heterocycles. The summed E-state index contributed by atoms with van der Waals surface area (Å²) in [6.45, 7) is 4.82. The molecule has 1 aromatic carbocycles. The molecule has 0 saturated carbocycles. The molecule has 1 rings (SSSR count). The smallest absolute Gasteiger partial charge is 0.258 e. The average Bonchev–Trinajstić information content (AvgIpc) is 2.38. The first-order valence-electron chi connectivity index (χ1n) is 6.26. The Morgan fingerprint density at radius 3 is 2.74 bits per heavy atom. The SMILES string of the molecule is CCC(C)N(CCOC)C(=O)c1c(F)cccc1Br. The van der Waals surface area contributed by atoms with Crippen molar-refractivity contribution in [2.24, 2.45) is 0 Å². The zero-order valence-electron chi connectivity index (χ0n) is 11.5. The van der Waals surface area contributed by atoms with E-state index in [1.54, 1.807) is 24.1 Å². The quantitative estimate of drug-likeness (QED) is 0.798. The lowest BCUT2D eigenvalue weighted by Crippen LogP contribution is -2.41. The Hall–Kier alpha value is -0.940. The number of hydrogen-bond acceptors (Lipinski definition) is 2. The molecule has 5 heteroatoms. The van der Waals surface area contributed by atoms with Gasteiger partial charge in [-0.15, -0.1) is 0 Å². The van der Waals surface area contributed by atoms with Crippen LogP contribution in [0.1, 0.15) is 30.6 Å². The van der Waals surface area contributed by atoms with Crippen molar-refractivity contribution in [3.8, 4) is 0 Å². The van der Waals surface area contributed by atoms with Gasteiger partial charge in [-0.1, -0.05) is 13.0 Å². The topological polar surface area (TPSA) is 29.5 Å². The van der Waals surface area contributed by atoms with Gasteiger partial charge in [-0.05, 0) is 41.4 Å². The van der Waals surface area contributed by atoms with Gasteiger partial charge in [-0.2, -0.15) is 0 Å². The first kappa shape index (κ1) is 16.1. The average molecular weight is 332 g/mol. The molecule has 0 N–H and O–H groups in total. The summed E-state index contributed by atoms with van der Waals surface area (Å²) >= 11 is 3.24. The summed E-state index contributed by atoms with van der Waals surface area (Å²) in [7, 11) is 1.58. The van der Waals surface area contributed by atoms with Crippen LogP contribution in [-0.2, 0) is 4.74 Å². The van der Waals surface area contributed by atoms with Crippen molar-refractivity contribution in [3.63, 3.8) is 0 Å². The van der Waals surface area contributed by atoms with Gasteiger partial charge in [-0.25, -0.2) is 4.39 Å². The van der Waals surface area contributed by atoms with Crippen LogP contribution in [-0.4, -0.2) is 37.1 Å². The van der Waals surface area contributed by atoms with Crippen LogP contribution in [0.25, 0.3) is 0 Å². The van der Waals surface area contributed by atoms with E-state index in [1.165, 1.54) is 6.07 Å². The Bertz CT molecular complexity index is 419. The maximum absolute atomic E-state index is 13.8. The summed E-state index contributed by atoms with van der Waals surface area (Å²) in [5.74, 6) is -0.818. The van der Waals surface area contributed by atoms with Crippen LogP contribution in [0.2, 0.25) is 0 Å². The zero-order valence-corrected chi connectivity index (χ0v) is 13.0. The van der Waals surface area contributed by atoms with Crippen LogP contribution in [0.4, 0.5) is 4.39 Å². The van der Waals surface area contributed by atoms with E-state index < -0.39 is 5.82 Å². The first-order chi connectivity index (χ1) is 9.02. The molecule has 0 spiro atoms. The summed E-state index contributed by atoms with van der Waals surface area (Å²) in [4.78, 5) is 14.1. The van der Waals surface area contributed by atoms with Crippen molar-refractivity contribution in [2.75, 3.05) is 20.3 Å². The highest BCUT2D eigenvalue weighted by molar-refractivity contribution is 9.10. The third-order valence-corrected chi connectivity index (χ3v) is 3.76. The molecule has 0 radical (unpaired) electrons. The number of ether oxygens (including phenoxy) is 1. The van der Waals surface area contributed by atoms with Crippen LogP contribution >= 0.6 is 15.9 Å². The molecule has 0 heterocycles. The van der Waals surface area contributed by atoms with Crippen molar-refractivity contribution in [2.45, 2.75) is 26.3 Å². The van der Waals surface area contributed by atoms with Crippen LogP contribution < -0.4 is 0 Å². The molecule has 1 unspecified atom stereocenters. The molecule has 1 amide bonds. The van der Waals surface area contributed by atoms with Gasteiger partial charge in [0.1, 0.15) is 5.82 Å². The van der Waals surface area contributed by atoms with Gasteiger partial charge in [0.05, 0.1) is 12.2 Å². The van der Waals surface area contributed by atoms with Gasteiger partial charge < -0.3 is 9.64 Å². The molecule has 0 saturated heterocycles. The lowest BCUT2D eigenvalue weighted by molar-refractivity contribution is 0.0608. The van der Waals surface area contributed by atoms with E-state index in [0.717, 1.165) is 6.42 Å². The molecule has 19 heavy (non-hydrogen) atoms. The highest BCUT2D eigenvalue weighted by atomic mass is 79.9. The van der Waals surface area contributed by atoms with E-state index in [0.29, 0.717) is 17.6 Å². The van der Waals surface area contributed by atoms with E-state index in [9.17, 15) is 9.18 Å². The first-order valence-corrected chi connectivity index (χ1v) is 7.06. The standard InChI is InChI=1S/C14H19BrFNO2/c1-4-10(2)17(8-9-19-3)14(18)13-11(15)6-5-7-12(13)16/h5-7,10H,4,8-9H2,1-3H3. The van der Waals surface area contributed by atoms with Crippen LogP contribution in [0.5, 0.6) is 0 Å². The number of rotatable bonds is 6. The number of methoxy groups -OCH3 is 1. The van der Waals surface area contributed by atoms with E-state index in [2.05, 4.69) is 15.9 Å². The van der Waals surface area contributed by atoms with E-state index in [4.69, 9.17) is 4.74 Å². The summed E-state index contributed by atoms with van der Waals surface area (Å²) in [5, 5.41) is 0. The van der Waals surface area contributed by atoms with Gasteiger partial charge in [0.15, 0.2) is 0 Å². The number of halogens is 2. The predicted molar refractivity (Wildman–Crippen MR) is 76.8 cm³/mol. The maximum atomic E-state index is 13.8. The molecule has 1 aromatic rings. The molecular weight excluding hydrogens is 313 g/mol. The number of carbonyl (C=O) groups excluding carboxylic acids is 1. The Morgan fingerprint density at radius 2 is 2.21 bits per heavy atom. The van der Waals surface area contributed by atoms with Gasteiger partial charge in [0.2, 0.25) is 0 Å². The highest BCUT2D eigenvalue weighted by Gasteiger charge is 2.24. The lowest BCUT2D eigenvalue weighted by Gasteiger charge is -2.29. The second-order valence-corrected chi connectivity index (χ2v) is 5.20. The Balaban J connectivity index is 3.05. The predicted octanol–water partition coefficient (Wildman–Crippen LogP) is 3.48. The van der Waals surface area contributed by atoms with Gasteiger partial charge >= 0.3 is 0 Å². The number of nitrogens with zero attached hydrogens (tertiary/aromatic N) is 1. The minimum Gasteiger partial charge on any atom is -0.383 e. The van der Waals surface area contributed by atoms with E-state index in [1.807, 2.05) is 13.8 Å². The molecule has 0 aliphatic carbocycles. The summed E-state index contributed by atoms with van der Waals surface area (Å²) in [6, 6.07) is 4.57. The fourth-order valence-electron chi connectivity index (χ4n) is 1.78. The zero-order chi connectivity index (χ0) is 14.4. The Kier molecular flexibility index (Phi) is 6.45. The third-order valence-electron chi connectivity index (χ3n) is 3.10. The monoisotopic (exact) mass is 331 g/mol. The molecule has 3 nitrogen and oxygen atoms in total. The van der Waals surface area contributed by atoms with Gasteiger partial charge in [0, 0.05) is 24.2 Å². The van der Waals surface area contributed by atoms with Gasteiger partial charge in [0.25, 0.3) is 5.91 Å². The number of carbonyl (C=O) groups is 1. The largest absolute Gasteiger partial charge is 0.383 e. The van der Waals surface area contributed by atoms with Crippen molar-refractivity contribution in [1.29, 1.82) is 0 Å². The maximum Gasteiger partial charge on any atom is 0.258 e. The number of benzene rings is 1. The Labute approximate surface area is 121 Å².